The van der Waals surface area contributed by atoms with Gasteiger partial charge in [0, 0.05) is 17.2 Å². The van der Waals surface area contributed by atoms with Gasteiger partial charge in [0.1, 0.15) is 0 Å². The summed E-state index contributed by atoms with van der Waals surface area (Å²) in [6, 6.07) is 18.8. The lowest BCUT2D eigenvalue weighted by Gasteiger charge is -1.96. The van der Waals surface area contributed by atoms with Crippen LogP contribution in [-0.4, -0.2) is 12.3 Å². The third-order valence-electron chi connectivity index (χ3n) is 3.27. The number of rotatable bonds is 3. The van der Waals surface area contributed by atoms with Crippen molar-refractivity contribution in [3.63, 3.8) is 0 Å². The van der Waals surface area contributed by atoms with E-state index in [2.05, 4.69) is 35.3 Å². The van der Waals surface area contributed by atoms with Crippen molar-refractivity contribution in [1.82, 2.24) is 0 Å². The van der Waals surface area contributed by atoms with E-state index in [1.165, 1.54) is 5.56 Å². The van der Waals surface area contributed by atoms with E-state index in [9.17, 15) is 0 Å². The minimum absolute atomic E-state index is 0.447. The molecule has 0 aliphatic heterocycles. The normalized spacial score (nSPS) is 22.3. The predicted octanol–water partition coefficient (Wildman–Crippen LogP) is 4.32. The Morgan fingerprint density at radius 2 is 1.72 bits per heavy atom. The number of benzene rings is 2. The molecule has 0 aromatic heterocycles. The lowest BCUT2D eigenvalue weighted by atomic mass is 10.1. The maximum atomic E-state index is 5.85. The quantitative estimate of drug-likeness (QED) is 0.725. The van der Waals surface area contributed by atoms with E-state index in [0.29, 0.717) is 12.0 Å². The predicted molar refractivity (Wildman–Crippen MR) is 76.6 cm³/mol. The van der Waals surface area contributed by atoms with Gasteiger partial charge in [-0.15, -0.1) is 0 Å². The zero-order valence-corrected chi connectivity index (χ0v) is 10.7. The van der Waals surface area contributed by atoms with Crippen LogP contribution in [0.25, 0.3) is 0 Å². The Balaban J connectivity index is 1.64. The molecule has 2 unspecified atom stereocenters. The third kappa shape index (κ3) is 2.62. The molecule has 0 heterocycles. The summed E-state index contributed by atoms with van der Waals surface area (Å²) in [5.74, 6) is 0.606. The van der Waals surface area contributed by atoms with Gasteiger partial charge in [-0.1, -0.05) is 54.1 Å². The number of nitrogens with zero attached hydrogens (tertiary/aromatic N) is 1. The number of halogens is 1. The minimum Gasteiger partial charge on any atom is -0.289 e. The van der Waals surface area contributed by atoms with Gasteiger partial charge in [-0.25, -0.2) is 0 Å². The molecule has 0 N–H and O–H groups in total. The van der Waals surface area contributed by atoms with E-state index in [1.807, 2.05) is 30.5 Å². The minimum atomic E-state index is 0.447. The molecule has 2 aromatic carbocycles. The lowest BCUT2D eigenvalue weighted by Crippen LogP contribution is -1.87. The number of hydrogen-bond donors (Lipinski definition) is 0. The first-order valence-electron chi connectivity index (χ1n) is 6.16. The summed E-state index contributed by atoms with van der Waals surface area (Å²) in [4.78, 5) is 4.63. The summed E-state index contributed by atoms with van der Waals surface area (Å²) < 4.78 is 0. The first-order valence-corrected chi connectivity index (χ1v) is 6.54. The summed E-state index contributed by atoms with van der Waals surface area (Å²) in [6.45, 7) is 0. The molecule has 1 nitrogen and oxygen atoms in total. The standard InChI is InChI=1S/C16H14ClN/c17-14-8-6-12(7-9-14)11-18-16-10-15(16)13-4-2-1-3-5-13/h1-9,11,15-16H,10H2. The van der Waals surface area contributed by atoms with Gasteiger partial charge < -0.3 is 0 Å². The van der Waals surface area contributed by atoms with Crippen LogP contribution >= 0.6 is 11.6 Å². The van der Waals surface area contributed by atoms with Crippen molar-refractivity contribution in [1.29, 1.82) is 0 Å². The largest absolute Gasteiger partial charge is 0.289 e. The van der Waals surface area contributed by atoms with Gasteiger partial charge in [0.25, 0.3) is 0 Å². The van der Waals surface area contributed by atoms with Gasteiger partial charge in [-0.05, 0) is 29.7 Å². The van der Waals surface area contributed by atoms with Crippen LogP contribution in [0.5, 0.6) is 0 Å². The molecule has 18 heavy (non-hydrogen) atoms. The van der Waals surface area contributed by atoms with Gasteiger partial charge >= 0.3 is 0 Å². The molecular formula is C16H14ClN. The fourth-order valence-electron chi connectivity index (χ4n) is 2.14. The maximum absolute atomic E-state index is 5.85. The number of aliphatic imine (C=N–C) groups is 1. The molecule has 2 aromatic rings. The summed E-state index contributed by atoms with van der Waals surface area (Å²) in [6.07, 6.45) is 3.11. The van der Waals surface area contributed by atoms with Crippen molar-refractivity contribution in [2.24, 2.45) is 4.99 Å². The molecule has 2 heteroatoms. The van der Waals surface area contributed by atoms with Gasteiger partial charge in [0.15, 0.2) is 0 Å². The third-order valence-corrected chi connectivity index (χ3v) is 3.52. The van der Waals surface area contributed by atoms with Crippen LogP contribution in [0.3, 0.4) is 0 Å². The Hall–Kier alpha value is -1.60. The van der Waals surface area contributed by atoms with Crippen LogP contribution in [-0.2, 0) is 0 Å². The number of hydrogen-bond acceptors (Lipinski definition) is 1. The maximum Gasteiger partial charge on any atom is 0.0575 e. The highest BCUT2D eigenvalue weighted by atomic mass is 35.5. The van der Waals surface area contributed by atoms with Gasteiger partial charge in [-0.2, -0.15) is 0 Å². The average Bonchev–Trinajstić information content (AvgIpc) is 3.19. The summed E-state index contributed by atoms with van der Waals surface area (Å²) in [5.41, 5.74) is 2.51. The van der Waals surface area contributed by atoms with Crippen molar-refractivity contribution in [3.05, 3.63) is 70.7 Å². The van der Waals surface area contributed by atoms with E-state index in [-0.39, 0.29) is 0 Å². The SMILES string of the molecule is Clc1ccc(C=NC2CC2c2ccccc2)cc1. The van der Waals surface area contributed by atoms with E-state index in [1.54, 1.807) is 0 Å². The first kappa shape index (κ1) is 11.5. The average molecular weight is 256 g/mol. The molecular weight excluding hydrogens is 242 g/mol. The Kier molecular flexibility index (Phi) is 3.16. The van der Waals surface area contributed by atoms with Crippen molar-refractivity contribution >= 4 is 17.8 Å². The van der Waals surface area contributed by atoms with E-state index < -0.39 is 0 Å². The monoisotopic (exact) mass is 255 g/mol. The molecule has 3 rings (SSSR count). The van der Waals surface area contributed by atoms with E-state index in [4.69, 9.17) is 11.6 Å². The smallest absolute Gasteiger partial charge is 0.0575 e. The molecule has 0 saturated heterocycles. The van der Waals surface area contributed by atoms with Crippen molar-refractivity contribution in [3.8, 4) is 0 Å². The van der Waals surface area contributed by atoms with Crippen molar-refractivity contribution < 1.29 is 0 Å². The van der Waals surface area contributed by atoms with Crippen LogP contribution in [0.4, 0.5) is 0 Å². The van der Waals surface area contributed by atoms with Gasteiger partial charge in [-0.3, -0.25) is 4.99 Å². The fourth-order valence-corrected chi connectivity index (χ4v) is 2.26. The lowest BCUT2D eigenvalue weighted by molar-refractivity contribution is 0.995. The van der Waals surface area contributed by atoms with Gasteiger partial charge in [0.05, 0.1) is 6.04 Å². The van der Waals surface area contributed by atoms with Crippen LogP contribution in [0, 0.1) is 0 Å². The summed E-state index contributed by atoms with van der Waals surface area (Å²) >= 11 is 5.85. The Morgan fingerprint density at radius 1 is 1.00 bits per heavy atom. The Bertz CT molecular complexity index is 545. The van der Waals surface area contributed by atoms with Gasteiger partial charge in [0.2, 0.25) is 0 Å². The van der Waals surface area contributed by atoms with E-state index >= 15 is 0 Å². The second-order valence-electron chi connectivity index (χ2n) is 4.65. The molecule has 1 saturated carbocycles. The van der Waals surface area contributed by atoms with Crippen molar-refractivity contribution in [2.75, 3.05) is 0 Å². The van der Waals surface area contributed by atoms with Crippen LogP contribution in [0.15, 0.2) is 59.6 Å². The second kappa shape index (κ2) is 4.95. The highest BCUT2D eigenvalue weighted by molar-refractivity contribution is 6.30. The zero-order chi connectivity index (χ0) is 12.4. The summed E-state index contributed by atoms with van der Waals surface area (Å²) in [5, 5.41) is 0.765. The molecule has 0 radical (unpaired) electrons. The molecule has 0 spiro atoms. The molecule has 0 amide bonds. The summed E-state index contributed by atoms with van der Waals surface area (Å²) in [7, 11) is 0. The molecule has 2 atom stereocenters. The van der Waals surface area contributed by atoms with Crippen LogP contribution in [0.2, 0.25) is 5.02 Å². The molecule has 0 bridgehead atoms. The molecule has 1 aliphatic rings. The Morgan fingerprint density at radius 3 is 2.44 bits per heavy atom. The molecule has 1 aliphatic carbocycles. The fraction of sp³-hybridized carbons (Fsp3) is 0.188. The van der Waals surface area contributed by atoms with Crippen LogP contribution < -0.4 is 0 Å². The second-order valence-corrected chi connectivity index (χ2v) is 5.09. The van der Waals surface area contributed by atoms with E-state index in [0.717, 1.165) is 17.0 Å². The highest BCUT2D eigenvalue weighted by Gasteiger charge is 2.37. The molecule has 90 valence electrons. The first-order chi connectivity index (χ1) is 8.83. The highest BCUT2D eigenvalue weighted by Crippen LogP contribution is 2.43. The van der Waals surface area contributed by atoms with Crippen LogP contribution in [0.1, 0.15) is 23.5 Å². The van der Waals surface area contributed by atoms with Crippen molar-refractivity contribution in [2.45, 2.75) is 18.4 Å². The molecule has 1 fully saturated rings. The Labute approximate surface area is 112 Å². The zero-order valence-electron chi connectivity index (χ0n) is 9.96. The topological polar surface area (TPSA) is 12.4 Å².